The van der Waals surface area contributed by atoms with Crippen molar-refractivity contribution in [2.24, 2.45) is 11.0 Å². The van der Waals surface area contributed by atoms with Gasteiger partial charge >= 0.3 is 0 Å². The predicted octanol–water partition coefficient (Wildman–Crippen LogP) is 2.78. The molecule has 7 nitrogen and oxygen atoms in total. The van der Waals surface area contributed by atoms with E-state index >= 15 is 0 Å². The Labute approximate surface area is 170 Å². The molecule has 1 N–H and O–H groups in total. The lowest BCUT2D eigenvalue weighted by Crippen LogP contribution is -2.32. The minimum atomic E-state index is -0.461. The number of halogens is 1. The molecule has 1 amide bonds. The first-order valence-corrected chi connectivity index (χ1v) is 10.2. The summed E-state index contributed by atoms with van der Waals surface area (Å²) in [5.74, 6) is 0.147. The molecule has 3 aromatic rings. The predicted molar refractivity (Wildman–Crippen MR) is 110 cm³/mol. The average molecular weight is 416 g/mol. The molecule has 4 rings (SSSR count). The van der Waals surface area contributed by atoms with E-state index in [1.165, 1.54) is 22.4 Å². The van der Waals surface area contributed by atoms with Gasteiger partial charge in [0.2, 0.25) is 0 Å². The maximum absolute atomic E-state index is 12.8. The highest BCUT2D eigenvalue weighted by molar-refractivity contribution is 7.18. The number of carbonyl (C=O) groups is 1. The third-order valence-electron chi connectivity index (χ3n) is 4.78. The van der Waals surface area contributed by atoms with E-state index in [2.05, 4.69) is 27.8 Å². The summed E-state index contributed by atoms with van der Waals surface area (Å²) in [5.41, 5.74) is 3.87. The summed E-state index contributed by atoms with van der Waals surface area (Å²) in [6.07, 6.45) is 4.34. The fraction of sp³-hybridized carbons (Fsp3) is 0.316. The molecule has 0 radical (unpaired) electrons. The highest BCUT2D eigenvalue weighted by Crippen LogP contribution is 2.35. The van der Waals surface area contributed by atoms with Gasteiger partial charge in [-0.25, -0.2) is 10.1 Å². The van der Waals surface area contributed by atoms with Gasteiger partial charge in [0.05, 0.1) is 11.6 Å². The van der Waals surface area contributed by atoms with E-state index in [0.717, 1.165) is 29.5 Å². The van der Waals surface area contributed by atoms with Crippen LogP contribution in [-0.2, 0) is 24.2 Å². The van der Waals surface area contributed by atoms with Crippen molar-refractivity contribution in [1.29, 1.82) is 0 Å². The molecule has 2 heterocycles. The van der Waals surface area contributed by atoms with Crippen molar-refractivity contribution < 1.29 is 4.79 Å². The van der Waals surface area contributed by atoms with Gasteiger partial charge in [-0.2, -0.15) is 5.10 Å². The van der Waals surface area contributed by atoms with Crippen molar-refractivity contribution in [3.05, 3.63) is 55.6 Å². The smallest absolute Gasteiger partial charge is 0.271 e. The van der Waals surface area contributed by atoms with Crippen LogP contribution in [0.4, 0.5) is 0 Å². The zero-order chi connectivity index (χ0) is 19.7. The van der Waals surface area contributed by atoms with E-state index in [1.807, 2.05) is 12.1 Å². The molecule has 0 saturated carbocycles. The van der Waals surface area contributed by atoms with E-state index in [4.69, 9.17) is 11.6 Å². The zero-order valence-electron chi connectivity index (χ0n) is 15.2. The van der Waals surface area contributed by atoms with Gasteiger partial charge in [-0.1, -0.05) is 41.9 Å². The van der Waals surface area contributed by atoms with Gasteiger partial charge in [0.25, 0.3) is 11.5 Å². The lowest BCUT2D eigenvalue weighted by atomic mass is 9.89. The van der Waals surface area contributed by atoms with Crippen LogP contribution in [0.1, 0.15) is 29.3 Å². The first-order valence-electron chi connectivity index (χ1n) is 8.97. The molecular formula is C19H18ClN5O2S. The SMILES string of the molecule is C[C@H]1CCc2c(sc3nnn(CC(=O)NN=Cc4ccccc4Cl)c(=O)c23)C1. The van der Waals surface area contributed by atoms with Gasteiger partial charge in [-0.3, -0.25) is 9.59 Å². The monoisotopic (exact) mass is 415 g/mol. The number of fused-ring (bicyclic) bond motifs is 3. The van der Waals surface area contributed by atoms with E-state index < -0.39 is 5.91 Å². The molecule has 0 fully saturated rings. The Morgan fingerprint density at radius 1 is 1.46 bits per heavy atom. The first-order chi connectivity index (χ1) is 13.5. The number of amides is 1. The number of aromatic nitrogens is 3. The van der Waals surface area contributed by atoms with Crippen LogP contribution in [0.2, 0.25) is 5.02 Å². The van der Waals surface area contributed by atoms with E-state index in [0.29, 0.717) is 26.7 Å². The van der Waals surface area contributed by atoms with Gasteiger partial charge in [0.15, 0.2) is 4.83 Å². The van der Waals surface area contributed by atoms with Gasteiger partial charge in [0, 0.05) is 15.5 Å². The summed E-state index contributed by atoms with van der Waals surface area (Å²) in [5, 5.41) is 13.1. The quantitative estimate of drug-likeness (QED) is 0.524. The molecule has 0 spiro atoms. The molecule has 1 aliphatic carbocycles. The molecule has 9 heteroatoms. The van der Waals surface area contributed by atoms with Gasteiger partial charge < -0.3 is 0 Å². The van der Waals surface area contributed by atoms with Crippen molar-refractivity contribution >= 4 is 45.3 Å². The molecule has 0 aliphatic heterocycles. The van der Waals surface area contributed by atoms with Crippen molar-refractivity contribution in [2.75, 3.05) is 0 Å². The molecule has 0 saturated heterocycles. The first kappa shape index (κ1) is 18.8. The number of thiophene rings is 1. The number of aryl methyl sites for hydroxylation is 1. The second-order valence-electron chi connectivity index (χ2n) is 6.90. The van der Waals surface area contributed by atoms with Crippen molar-refractivity contribution in [2.45, 2.75) is 32.7 Å². The molecule has 2 aromatic heterocycles. The number of hydrazone groups is 1. The zero-order valence-corrected chi connectivity index (χ0v) is 16.8. The summed E-state index contributed by atoms with van der Waals surface area (Å²) >= 11 is 7.57. The van der Waals surface area contributed by atoms with Crippen molar-refractivity contribution in [1.82, 2.24) is 20.4 Å². The topological polar surface area (TPSA) is 89.2 Å². The second-order valence-corrected chi connectivity index (χ2v) is 8.39. The third kappa shape index (κ3) is 3.70. The Morgan fingerprint density at radius 3 is 3.11 bits per heavy atom. The fourth-order valence-electron chi connectivity index (χ4n) is 3.32. The van der Waals surface area contributed by atoms with E-state index in [9.17, 15) is 9.59 Å². The van der Waals surface area contributed by atoms with Crippen molar-refractivity contribution in [3.8, 4) is 0 Å². The second kappa shape index (κ2) is 7.81. The summed E-state index contributed by atoms with van der Waals surface area (Å²) in [6, 6.07) is 7.14. The highest BCUT2D eigenvalue weighted by atomic mass is 35.5. The van der Waals surface area contributed by atoms with Gasteiger partial charge in [-0.15, -0.1) is 16.4 Å². The molecule has 1 atom stereocenters. The van der Waals surface area contributed by atoms with Crippen LogP contribution < -0.4 is 11.0 Å². The van der Waals surface area contributed by atoms with Crippen LogP contribution in [0.25, 0.3) is 10.2 Å². The van der Waals surface area contributed by atoms with Crippen LogP contribution in [0.15, 0.2) is 34.2 Å². The molecule has 1 aromatic carbocycles. The maximum Gasteiger partial charge on any atom is 0.279 e. The van der Waals surface area contributed by atoms with Crippen LogP contribution in [0.3, 0.4) is 0 Å². The number of nitrogens with zero attached hydrogens (tertiary/aromatic N) is 4. The summed E-state index contributed by atoms with van der Waals surface area (Å²) in [4.78, 5) is 26.9. The Kier molecular flexibility index (Phi) is 5.23. The van der Waals surface area contributed by atoms with Crippen LogP contribution in [0.5, 0.6) is 0 Å². The molecule has 28 heavy (non-hydrogen) atoms. The number of hydrogen-bond acceptors (Lipinski definition) is 6. The summed E-state index contributed by atoms with van der Waals surface area (Å²) in [7, 11) is 0. The third-order valence-corrected chi connectivity index (χ3v) is 6.26. The summed E-state index contributed by atoms with van der Waals surface area (Å²) < 4.78 is 1.09. The minimum absolute atomic E-state index is 0.247. The Hall–Kier alpha value is -2.58. The Morgan fingerprint density at radius 2 is 2.29 bits per heavy atom. The summed E-state index contributed by atoms with van der Waals surface area (Å²) in [6.45, 7) is 1.97. The number of nitrogens with one attached hydrogen (secondary N) is 1. The normalized spacial score (nSPS) is 16.4. The van der Waals surface area contributed by atoms with Crippen molar-refractivity contribution in [3.63, 3.8) is 0 Å². The molecule has 0 unspecified atom stereocenters. The molecule has 0 bridgehead atoms. The number of benzene rings is 1. The number of carbonyl (C=O) groups excluding carboxylic acids is 1. The molecule has 1 aliphatic rings. The lowest BCUT2D eigenvalue weighted by molar-refractivity contribution is -0.121. The standard InChI is InChI=1S/C19H18ClN5O2S/c1-11-6-7-13-15(8-11)28-18-17(13)19(27)25(24-23-18)10-16(26)22-21-9-12-4-2-3-5-14(12)20/h2-5,9,11H,6-8,10H2,1H3,(H,22,26)/t11-/m0/s1. The number of rotatable bonds is 4. The maximum atomic E-state index is 12.8. The van der Waals surface area contributed by atoms with Gasteiger partial charge in [-0.05, 0) is 36.8 Å². The molecule has 144 valence electrons. The lowest BCUT2D eigenvalue weighted by Gasteiger charge is -2.17. The van der Waals surface area contributed by atoms with Crippen LogP contribution >= 0.6 is 22.9 Å². The largest absolute Gasteiger partial charge is 0.279 e. The number of hydrogen-bond donors (Lipinski definition) is 1. The Bertz CT molecular complexity index is 1140. The fourth-order valence-corrected chi connectivity index (χ4v) is 4.82. The Balaban J connectivity index is 1.52. The van der Waals surface area contributed by atoms with Crippen LogP contribution in [-0.4, -0.2) is 27.1 Å². The van der Waals surface area contributed by atoms with Crippen LogP contribution in [0, 0.1) is 5.92 Å². The van der Waals surface area contributed by atoms with E-state index in [1.54, 1.807) is 12.1 Å². The van der Waals surface area contributed by atoms with Gasteiger partial charge in [0.1, 0.15) is 6.54 Å². The minimum Gasteiger partial charge on any atom is -0.271 e. The highest BCUT2D eigenvalue weighted by Gasteiger charge is 2.24. The average Bonchev–Trinajstić information content (AvgIpc) is 3.04. The van der Waals surface area contributed by atoms with E-state index in [-0.39, 0.29) is 12.1 Å². The molecular weight excluding hydrogens is 398 g/mol.